The summed E-state index contributed by atoms with van der Waals surface area (Å²) in [5, 5.41) is 4.51. The molecule has 1 aliphatic heterocycles. The molecule has 6 nitrogen and oxygen atoms in total. The molecule has 1 aromatic rings. The first-order valence-electron chi connectivity index (χ1n) is 7.71. The number of hydrogen-bond acceptors (Lipinski definition) is 5. The van der Waals surface area contributed by atoms with Crippen LogP contribution in [0, 0.1) is 6.92 Å². The highest BCUT2D eigenvalue weighted by atomic mass is 16.5. The molecule has 2 N–H and O–H groups in total. The van der Waals surface area contributed by atoms with Crippen LogP contribution in [0.4, 0.5) is 0 Å². The summed E-state index contributed by atoms with van der Waals surface area (Å²) in [4.78, 5) is 4.90. The van der Waals surface area contributed by atoms with E-state index >= 15 is 0 Å². The summed E-state index contributed by atoms with van der Waals surface area (Å²) in [6, 6.07) is 0.630. The molecule has 120 valence electrons. The predicted molar refractivity (Wildman–Crippen MR) is 84.6 cm³/mol. The molecular weight excluding hydrogens is 266 g/mol. The maximum absolute atomic E-state index is 6.14. The van der Waals surface area contributed by atoms with Crippen LogP contribution < -0.4 is 10.5 Å². The fourth-order valence-corrected chi connectivity index (χ4v) is 3.55. The topological polar surface area (TPSA) is 59.6 Å². The lowest BCUT2D eigenvalue weighted by molar-refractivity contribution is 0.143. The van der Waals surface area contributed by atoms with E-state index in [2.05, 4.69) is 28.9 Å². The first-order valence-corrected chi connectivity index (χ1v) is 7.71. The number of ether oxygens (including phenoxy) is 1. The lowest BCUT2D eigenvalue weighted by atomic mass is 10.0. The van der Waals surface area contributed by atoms with E-state index < -0.39 is 0 Å². The molecule has 1 saturated heterocycles. The molecule has 0 saturated carbocycles. The van der Waals surface area contributed by atoms with E-state index in [1.54, 1.807) is 7.11 Å². The fourth-order valence-electron chi connectivity index (χ4n) is 3.55. The Hall–Kier alpha value is -1.11. The number of aromatic nitrogens is 2. The van der Waals surface area contributed by atoms with Crippen LogP contribution in [0.25, 0.3) is 0 Å². The Morgan fingerprint density at radius 3 is 2.71 bits per heavy atom. The van der Waals surface area contributed by atoms with E-state index in [1.165, 1.54) is 6.42 Å². The zero-order valence-corrected chi connectivity index (χ0v) is 14.0. The third-order valence-corrected chi connectivity index (χ3v) is 4.46. The van der Waals surface area contributed by atoms with Gasteiger partial charge in [-0.25, -0.2) is 4.68 Å². The van der Waals surface area contributed by atoms with Crippen LogP contribution in [-0.2, 0) is 7.05 Å². The van der Waals surface area contributed by atoms with Crippen LogP contribution >= 0.6 is 0 Å². The number of hydrogen-bond donors (Lipinski definition) is 1. The average Bonchev–Trinajstić information content (AvgIpc) is 2.60. The van der Waals surface area contributed by atoms with Gasteiger partial charge >= 0.3 is 0 Å². The van der Waals surface area contributed by atoms with Crippen molar-refractivity contribution in [3.63, 3.8) is 0 Å². The van der Waals surface area contributed by atoms with Gasteiger partial charge in [-0.1, -0.05) is 0 Å². The van der Waals surface area contributed by atoms with Gasteiger partial charge in [-0.3, -0.25) is 4.90 Å². The summed E-state index contributed by atoms with van der Waals surface area (Å²) >= 11 is 0. The minimum absolute atomic E-state index is 0.162. The van der Waals surface area contributed by atoms with E-state index in [4.69, 9.17) is 10.5 Å². The molecule has 0 bridgehead atoms. The smallest absolute Gasteiger partial charge is 0.216 e. The number of rotatable bonds is 4. The highest BCUT2D eigenvalue weighted by Crippen LogP contribution is 2.33. The minimum Gasteiger partial charge on any atom is -0.481 e. The largest absolute Gasteiger partial charge is 0.481 e. The Balaban J connectivity index is 2.35. The van der Waals surface area contributed by atoms with Crippen LogP contribution in [0.5, 0.6) is 5.88 Å². The van der Waals surface area contributed by atoms with Crippen molar-refractivity contribution in [3.8, 4) is 5.88 Å². The van der Waals surface area contributed by atoms with Crippen molar-refractivity contribution in [2.24, 2.45) is 12.8 Å². The molecule has 2 unspecified atom stereocenters. The Morgan fingerprint density at radius 2 is 2.10 bits per heavy atom. The third kappa shape index (κ3) is 3.22. The van der Waals surface area contributed by atoms with Crippen molar-refractivity contribution in [2.45, 2.75) is 32.4 Å². The average molecular weight is 295 g/mol. The van der Waals surface area contributed by atoms with Crippen molar-refractivity contribution in [1.29, 1.82) is 0 Å². The molecule has 21 heavy (non-hydrogen) atoms. The summed E-state index contributed by atoms with van der Waals surface area (Å²) < 4.78 is 7.37. The maximum atomic E-state index is 6.14. The van der Waals surface area contributed by atoms with Gasteiger partial charge in [-0.05, 0) is 33.9 Å². The van der Waals surface area contributed by atoms with E-state index in [9.17, 15) is 0 Å². The normalized spacial score (nSPS) is 23.0. The highest BCUT2D eigenvalue weighted by Gasteiger charge is 2.31. The van der Waals surface area contributed by atoms with Gasteiger partial charge in [0.2, 0.25) is 5.88 Å². The van der Waals surface area contributed by atoms with Crippen molar-refractivity contribution in [3.05, 3.63) is 11.3 Å². The van der Waals surface area contributed by atoms with Crippen molar-refractivity contribution in [1.82, 2.24) is 19.6 Å². The lowest BCUT2D eigenvalue weighted by Gasteiger charge is -2.35. The van der Waals surface area contributed by atoms with Gasteiger partial charge in [0.25, 0.3) is 0 Å². The van der Waals surface area contributed by atoms with Crippen LogP contribution in [0.2, 0.25) is 0 Å². The quantitative estimate of drug-likeness (QED) is 0.889. The van der Waals surface area contributed by atoms with Crippen molar-refractivity contribution < 1.29 is 4.74 Å². The second kappa shape index (κ2) is 6.77. The van der Waals surface area contributed by atoms with E-state index in [0.717, 1.165) is 36.8 Å². The number of nitrogens with two attached hydrogens (primary N) is 1. The van der Waals surface area contributed by atoms with E-state index in [0.29, 0.717) is 12.6 Å². The molecule has 0 spiro atoms. The SMILES string of the molecule is COc1c(C(CN)N2CCCN(C)CC2C)c(C)nn1C. The number of likely N-dealkylation sites (N-methyl/N-ethyl adjacent to an activating group) is 1. The van der Waals surface area contributed by atoms with Gasteiger partial charge in [-0.15, -0.1) is 0 Å². The summed E-state index contributed by atoms with van der Waals surface area (Å²) in [5.74, 6) is 0.827. The van der Waals surface area contributed by atoms with Crippen LogP contribution in [-0.4, -0.2) is 66.0 Å². The maximum Gasteiger partial charge on any atom is 0.216 e. The van der Waals surface area contributed by atoms with E-state index in [-0.39, 0.29) is 6.04 Å². The Labute approximate surface area is 127 Å². The van der Waals surface area contributed by atoms with Crippen LogP contribution in [0.15, 0.2) is 0 Å². The molecule has 2 atom stereocenters. The molecular formula is C15H29N5O. The van der Waals surface area contributed by atoms with Crippen LogP contribution in [0.3, 0.4) is 0 Å². The van der Waals surface area contributed by atoms with Crippen LogP contribution in [0.1, 0.15) is 30.6 Å². The second-order valence-corrected chi connectivity index (χ2v) is 6.09. The second-order valence-electron chi connectivity index (χ2n) is 6.09. The fraction of sp³-hybridized carbons (Fsp3) is 0.800. The molecule has 0 amide bonds. The standard InChI is InChI=1S/C15H29N5O/c1-11-10-18(3)7-6-8-20(11)13(9-16)14-12(2)17-19(4)15(14)21-5/h11,13H,6-10,16H2,1-5H3. The van der Waals surface area contributed by atoms with Gasteiger partial charge in [0, 0.05) is 32.7 Å². The van der Waals surface area contributed by atoms with Gasteiger partial charge in [-0.2, -0.15) is 5.10 Å². The highest BCUT2D eigenvalue weighted by molar-refractivity contribution is 5.34. The van der Waals surface area contributed by atoms with Gasteiger partial charge in [0.15, 0.2) is 0 Å². The van der Waals surface area contributed by atoms with Gasteiger partial charge < -0.3 is 15.4 Å². The summed E-state index contributed by atoms with van der Waals surface area (Å²) in [6.07, 6.45) is 1.17. The summed E-state index contributed by atoms with van der Waals surface area (Å²) in [6.45, 7) is 8.17. The molecule has 1 fully saturated rings. The first-order chi connectivity index (χ1) is 9.99. The molecule has 0 aliphatic carbocycles. The van der Waals surface area contributed by atoms with Gasteiger partial charge in [0.05, 0.1) is 24.4 Å². The Bertz CT molecular complexity index is 473. The molecule has 0 aromatic carbocycles. The van der Waals surface area contributed by atoms with Gasteiger partial charge in [0.1, 0.15) is 0 Å². The lowest BCUT2D eigenvalue weighted by Crippen LogP contribution is -2.43. The molecule has 6 heteroatoms. The third-order valence-electron chi connectivity index (χ3n) is 4.46. The molecule has 0 radical (unpaired) electrons. The Kier molecular flexibility index (Phi) is 5.24. The predicted octanol–water partition coefficient (Wildman–Crippen LogP) is 0.763. The molecule has 1 aliphatic rings. The first kappa shape index (κ1) is 16.3. The number of nitrogens with zero attached hydrogens (tertiary/aromatic N) is 4. The Morgan fingerprint density at radius 1 is 1.38 bits per heavy atom. The molecule has 2 heterocycles. The van der Waals surface area contributed by atoms with Crippen molar-refractivity contribution >= 4 is 0 Å². The zero-order valence-electron chi connectivity index (χ0n) is 14.0. The minimum atomic E-state index is 0.162. The van der Waals surface area contributed by atoms with Crippen molar-refractivity contribution in [2.75, 3.05) is 40.3 Å². The number of aryl methyl sites for hydroxylation is 2. The molecule has 1 aromatic heterocycles. The van der Waals surface area contributed by atoms with E-state index in [1.807, 2.05) is 18.7 Å². The molecule has 2 rings (SSSR count). The summed E-state index contributed by atoms with van der Waals surface area (Å²) in [5.41, 5.74) is 8.28. The number of methoxy groups -OCH3 is 1. The summed E-state index contributed by atoms with van der Waals surface area (Å²) in [7, 11) is 5.81. The monoisotopic (exact) mass is 295 g/mol. The zero-order chi connectivity index (χ0) is 15.6.